The minimum absolute atomic E-state index is 0.0122. The van der Waals surface area contributed by atoms with Gasteiger partial charge in [0.1, 0.15) is 0 Å². The topological polar surface area (TPSA) is 97.0 Å². The molecule has 1 atom stereocenters. The second kappa shape index (κ2) is 9.24. The minimum atomic E-state index is -0.850. The van der Waals surface area contributed by atoms with E-state index in [9.17, 15) is 14.7 Å². The molecule has 0 saturated carbocycles. The number of rotatable bonds is 6. The Morgan fingerprint density at radius 2 is 1.86 bits per heavy atom. The van der Waals surface area contributed by atoms with Crippen molar-refractivity contribution >= 4 is 22.7 Å². The highest BCUT2D eigenvalue weighted by molar-refractivity contribution is 6.15. The van der Waals surface area contributed by atoms with Crippen molar-refractivity contribution in [3.05, 3.63) is 107 Å². The molecule has 7 heteroatoms. The fourth-order valence-corrected chi connectivity index (χ4v) is 4.71. The highest BCUT2D eigenvalue weighted by atomic mass is 16.5. The van der Waals surface area contributed by atoms with Gasteiger partial charge in [0.05, 0.1) is 19.7 Å². The molecule has 0 saturated heterocycles. The Labute approximate surface area is 215 Å². The van der Waals surface area contributed by atoms with Crippen LogP contribution in [0.4, 0.5) is 0 Å². The van der Waals surface area contributed by atoms with E-state index in [1.165, 1.54) is 12.0 Å². The number of methoxy groups -OCH3 is 1. The van der Waals surface area contributed by atoms with E-state index in [0.717, 1.165) is 11.1 Å². The van der Waals surface area contributed by atoms with Gasteiger partial charge in [-0.3, -0.25) is 9.59 Å². The van der Waals surface area contributed by atoms with E-state index >= 15 is 0 Å². The molecule has 5 rings (SSSR count). The summed E-state index contributed by atoms with van der Waals surface area (Å²) in [7, 11) is 1.52. The van der Waals surface area contributed by atoms with Gasteiger partial charge in [-0.05, 0) is 40.5 Å². The van der Waals surface area contributed by atoms with Crippen LogP contribution in [0.3, 0.4) is 0 Å². The number of hydrogen-bond donors (Lipinski definition) is 0. The van der Waals surface area contributed by atoms with E-state index in [1.54, 1.807) is 36.7 Å². The summed E-state index contributed by atoms with van der Waals surface area (Å²) in [5.41, 5.74) is 2.81. The molecule has 3 heterocycles. The maximum absolute atomic E-state index is 13.8. The van der Waals surface area contributed by atoms with Crippen molar-refractivity contribution < 1.29 is 28.8 Å². The number of ketones is 1. The molecular weight excluding hydrogens is 468 g/mol. The first-order valence-corrected chi connectivity index (χ1v) is 12.1. The molecule has 0 bridgehead atoms. The van der Waals surface area contributed by atoms with Gasteiger partial charge in [0, 0.05) is 22.6 Å². The molecule has 188 valence electrons. The quantitative estimate of drug-likeness (QED) is 0.374. The van der Waals surface area contributed by atoms with Gasteiger partial charge < -0.3 is 19.2 Å². The van der Waals surface area contributed by atoms with Crippen LogP contribution in [0.5, 0.6) is 5.75 Å². The van der Waals surface area contributed by atoms with Crippen molar-refractivity contribution in [3.8, 4) is 5.75 Å². The van der Waals surface area contributed by atoms with Crippen LogP contribution >= 0.6 is 0 Å². The number of aromatic amines is 1. The van der Waals surface area contributed by atoms with Gasteiger partial charge in [-0.15, -0.1) is 0 Å². The molecule has 0 radical (unpaired) electrons. The number of amides is 1. The number of carbonyl (C=O) groups is 2. The molecule has 0 aliphatic carbocycles. The number of aromatic nitrogens is 1. The standard InChI is InChI=1S/C30H28N2O5/c1-30(2,3)21-12-10-19(11-13-21)25-24(27(34)29(35)32(25)17-18-7-6-14-31-16-18)26(33)23-15-20-8-5-9-22(36-4)28(20)37-23/h5-16,25,34H,17H2,1-4H3. The number of para-hydroxylation sites is 1. The lowest BCUT2D eigenvalue weighted by Crippen LogP contribution is -2.32. The highest BCUT2D eigenvalue weighted by Crippen LogP contribution is 2.41. The summed E-state index contributed by atoms with van der Waals surface area (Å²) in [5, 5.41) is 14.0. The molecule has 0 fully saturated rings. The Hall–Kier alpha value is -4.39. The number of fused-ring (bicyclic) bond motifs is 1. The predicted octanol–water partition coefficient (Wildman–Crippen LogP) is 4.13. The number of carbonyl (C=O) groups excluding carboxylic acids is 2. The molecule has 0 spiro atoms. The SMILES string of the molecule is COc1cccc2cc(C(=O)C3=C([O-])C(=O)N(Cc4ccc[nH+]c4)C3c3ccc(C(C)(C)C)cc3)oc12. The summed E-state index contributed by atoms with van der Waals surface area (Å²) < 4.78 is 11.2. The summed E-state index contributed by atoms with van der Waals surface area (Å²) in [6.07, 6.45) is 3.53. The van der Waals surface area contributed by atoms with Gasteiger partial charge in [-0.1, -0.05) is 57.2 Å². The Morgan fingerprint density at radius 1 is 1.11 bits per heavy atom. The fraction of sp³-hybridized carbons (Fsp3) is 0.233. The fourth-order valence-electron chi connectivity index (χ4n) is 4.71. The van der Waals surface area contributed by atoms with E-state index in [1.807, 2.05) is 36.4 Å². The molecule has 1 amide bonds. The smallest absolute Gasteiger partial charge is 0.240 e. The van der Waals surface area contributed by atoms with Gasteiger partial charge in [-0.25, -0.2) is 4.98 Å². The van der Waals surface area contributed by atoms with E-state index in [-0.39, 0.29) is 23.3 Å². The van der Waals surface area contributed by atoms with Crippen LogP contribution < -0.4 is 14.8 Å². The zero-order valence-electron chi connectivity index (χ0n) is 21.2. The summed E-state index contributed by atoms with van der Waals surface area (Å²) in [5.74, 6) is -1.68. The number of hydrogen-bond acceptors (Lipinski definition) is 5. The van der Waals surface area contributed by atoms with E-state index in [4.69, 9.17) is 9.15 Å². The zero-order chi connectivity index (χ0) is 26.3. The van der Waals surface area contributed by atoms with Gasteiger partial charge in [-0.2, -0.15) is 0 Å². The van der Waals surface area contributed by atoms with E-state index < -0.39 is 23.5 Å². The molecule has 37 heavy (non-hydrogen) atoms. The zero-order valence-corrected chi connectivity index (χ0v) is 21.2. The average molecular weight is 497 g/mol. The van der Waals surface area contributed by atoms with Crippen molar-refractivity contribution in [2.75, 3.05) is 7.11 Å². The predicted molar refractivity (Wildman–Crippen MR) is 136 cm³/mol. The maximum atomic E-state index is 13.8. The van der Waals surface area contributed by atoms with Crippen LogP contribution in [-0.2, 0) is 16.8 Å². The average Bonchev–Trinajstić information content (AvgIpc) is 3.44. The third kappa shape index (κ3) is 4.37. The molecule has 1 unspecified atom stereocenters. The second-order valence-corrected chi connectivity index (χ2v) is 10.2. The molecule has 2 aromatic carbocycles. The van der Waals surface area contributed by atoms with Gasteiger partial charge in [0.25, 0.3) is 0 Å². The largest absolute Gasteiger partial charge is 0.868 e. The van der Waals surface area contributed by atoms with Crippen LogP contribution in [0.2, 0.25) is 0 Å². The number of pyridine rings is 1. The first-order valence-electron chi connectivity index (χ1n) is 12.1. The molecule has 2 aromatic heterocycles. The first kappa shape index (κ1) is 24.3. The summed E-state index contributed by atoms with van der Waals surface area (Å²) in [6.45, 7) is 6.50. The van der Waals surface area contributed by atoms with Crippen LogP contribution in [0.25, 0.3) is 11.0 Å². The number of ether oxygens (including phenoxy) is 1. The van der Waals surface area contributed by atoms with Crippen LogP contribution in [0.1, 0.15) is 54.1 Å². The molecular formula is C30H28N2O5. The van der Waals surface area contributed by atoms with E-state index in [2.05, 4.69) is 25.8 Å². The van der Waals surface area contributed by atoms with Crippen LogP contribution in [-0.4, -0.2) is 23.7 Å². The van der Waals surface area contributed by atoms with Crippen molar-refractivity contribution in [2.45, 2.75) is 38.8 Å². The number of nitrogens with one attached hydrogen (secondary N) is 1. The van der Waals surface area contributed by atoms with Crippen molar-refractivity contribution in [3.63, 3.8) is 0 Å². The Balaban J connectivity index is 1.60. The van der Waals surface area contributed by atoms with Crippen molar-refractivity contribution in [1.82, 2.24) is 4.90 Å². The van der Waals surface area contributed by atoms with E-state index in [0.29, 0.717) is 22.3 Å². The Bertz CT molecular complexity index is 1510. The Morgan fingerprint density at radius 3 is 2.51 bits per heavy atom. The number of nitrogens with zero attached hydrogens (tertiary/aromatic N) is 1. The molecule has 1 aliphatic heterocycles. The Kier molecular flexibility index (Phi) is 6.07. The molecule has 7 nitrogen and oxygen atoms in total. The van der Waals surface area contributed by atoms with Crippen molar-refractivity contribution in [1.29, 1.82) is 0 Å². The monoisotopic (exact) mass is 496 g/mol. The third-order valence-corrected chi connectivity index (χ3v) is 6.70. The van der Waals surface area contributed by atoms with Crippen molar-refractivity contribution in [2.24, 2.45) is 0 Å². The summed E-state index contributed by atoms with van der Waals surface area (Å²) in [6, 6.07) is 17.5. The normalized spacial score (nSPS) is 16.1. The minimum Gasteiger partial charge on any atom is -0.868 e. The molecule has 1 aliphatic rings. The van der Waals surface area contributed by atoms with Gasteiger partial charge in [0.2, 0.25) is 11.7 Å². The maximum Gasteiger partial charge on any atom is 0.240 e. The number of benzene rings is 2. The number of Topliss-reactive ketones (excluding diaryl/α,β-unsaturated/α-hetero) is 1. The lowest BCUT2D eigenvalue weighted by molar-refractivity contribution is -0.378. The lowest BCUT2D eigenvalue weighted by Gasteiger charge is -2.28. The number of furan rings is 1. The summed E-state index contributed by atoms with van der Waals surface area (Å²) in [4.78, 5) is 31.5. The number of H-pyrrole nitrogens is 1. The van der Waals surface area contributed by atoms with Crippen LogP contribution in [0.15, 0.2) is 88.8 Å². The van der Waals surface area contributed by atoms with Crippen LogP contribution in [0, 0.1) is 0 Å². The molecule has 4 aromatic rings. The molecule has 1 N–H and O–H groups in total. The highest BCUT2D eigenvalue weighted by Gasteiger charge is 2.40. The van der Waals surface area contributed by atoms with Gasteiger partial charge in [0.15, 0.2) is 29.5 Å². The first-order chi connectivity index (χ1) is 17.7. The third-order valence-electron chi connectivity index (χ3n) is 6.70. The lowest BCUT2D eigenvalue weighted by atomic mass is 9.85. The second-order valence-electron chi connectivity index (χ2n) is 10.2. The summed E-state index contributed by atoms with van der Waals surface area (Å²) >= 11 is 0. The van der Waals surface area contributed by atoms with Gasteiger partial charge >= 0.3 is 0 Å².